The second-order valence-corrected chi connectivity index (χ2v) is 3.89. The molecule has 2 atom stereocenters. The van der Waals surface area contributed by atoms with E-state index >= 15 is 0 Å². The summed E-state index contributed by atoms with van der Waals surface area (Å²) in [7, 11) is 2.09. The number of imidazole rings is 1. The lowest BCUT2D eigenvalue weighted by molar-refractivity contribution is 0.384. The van der Waals surface area contributed by atoms with Crippen molar-refractivity contribution >= 4 is 0 Å². The van der Waals surface area contributed by atoms with Gasteiger partial charge in [0.2, 0.25) is 0 Å². The third kappa shape index (κ3) is 1.64. The third-order valence-electron chi connectivity index (χ3n) is 2.85. The first-order valence-corrected chi connectivity index (χ1v) is 4.88. The molecule has 0 spiro atoms. The summed E-state index contributed by atoms with van der Waals surface area (Å²) in [6.45, 7) is 2.09. The van der Waals surface area contributed by atoms with Gasteiger partial charge < -0.3 is 9.88 Å². The summed E-state index contributed by atoms with van der Waals surface area (Å²) in [6.07, 6.45) is 4.58. The Morgan fingerprint density at radius 3 is 3.14 bits per heavy atom. The van der Waals surface area contributed by atoms with Gasteiger partial charge in [-0.25, -0.2) is 4.98 Å². The molecule has 14 heavy (non-hydrogen) atoms. The Morgan fingerprint density at radius 2 is 2.64 bits per heavy atom. The summed E-state index contributed by atoms with van der Waals surface area (Å²) in [6, 6.07) is 2.35. The van der Waals surface area contributed by atoms with Crippen LogP contribution in [-0.4, -0.2) is 35.0 Å². The second-order valence-electron chi connectivity index (χ2n) is 3.89. The van der Waals surface area contributed by atoms with Crippen LogP contribution in [0.1, 0.15) is 18.2 Å². The highest BCUT2D eigenvalue weighted by molar-refractivity contribution is 5.12. The zero-order chi connectivity index (χ0) is 9.97. The summed E-state index contributed by atoms with van der Waals surface area (Å²) < 4.78 is 0. The fraction of sp³-hybridized carbons (Fsp3) is 0.600. The van der Waals surface area contributed by atoms with Crippen LogP contribution in [0.4, 0.5) is 0 Å². The Labute approximate surface area is 83.6 Å². The van der Waals surface area contributed by atoms with Gasteiger partial charge in [-0.2, -0.15) is 5.26 Å². The first-order valence-electron chi connectivity index (χ1n) is 4.88. The van der Waals surface area contributed by atoms with Crippen LogP contribution < -0.4 is 0 Å². The molecule has 4 nitrogen and oxygen atoms in total. The minimum absolute atomic E-state index is 0.0741. The number of aromatic nitrogens is 2. The van der Waals surface area contributed by atoms with Gasteiger partial charge in [0.1, 0.15) is 11.7 Å². The molecule has 0 aliphatic carbocycles. The molecule has 0 radical (unpaired) electrons. The maximum absolute atomic E-state index is 9.12. The number of nitriles is 1. The third-order valence-corrected chi connectivity index (χ3v) is 2.85. The van der Waals surface area contributed by atoms with Crippen LogP contribution in [0.3, 0.4) is 0 Å². The van der Waals surface area contributed by atoms with Crippen LogP contribution in [0.15, 0.2) is 12.4 Å². The number of hydrogen-bond donors (Lipinski definition) is 1. The number of aromatic amines is 1. The molecule has 2 rings (SSSR count). The highest BCUT2D eigenvalue weighted by Gasteiger charge is 2.30. The topological polar surface area (TPSA) is 55.7 Å². The average molecular weight is 190 g/mol. The van der Waals surface area contributed by atoms with Crippen molar-refractivity contribution in [2.24, 2.45) is 5.92 Å². The maximum atomic E-state index is 9.12. The molecular weight excluding hydrogens is 176 g/mol. The molecule has 1 aromatic rings. The lowest BCUT2D eigenvalue weighted by Gasteiger charge is -2.14. The van der Waals surface area contributed by atoms with Crippen molar-refractivity contribution in [3.63, 3.8) is 0 Å². The zero-order valence-electron chi connectivity index (χ0n) is 8.27. The van der Waals surface area contributed by atoms with Crippen LogP contribution in [-0.2, 0) is 0 Å². The summed E-state index contributed by atoms with van der Waals surface area (Å²) in [5.74, 6) is 1.17. The number of rotatable bonds is 2. The summed E-state index contributed by atoms with van der Waals surface area (Å²) in [4.78, 5) is 9.45. The SMILES string of the molecule is CN1CCC(C(C#N)c2ncc[nH]2)C1. The fourth-order valence-electron chi connectivity index (χ4n) is 2.08. The molecule has 0 amide bonds. The van der Waals surface area contributed by atoms with Gasteiger partial charge in [-0.15, -0.1) is 0 Å². The van der Waals surface area contributed by atoms with Crippen molar-refractivity contribution in [1.29, 1.82) is 5.26 Å². The van der Waals surface area contributed by atoms with E-state index in [1.54, 1.807) is 12.4 Å². The quantitative estimate of drug-likeness (QED) is 0.756. The molecule has 1 aliphatic rings. The van der Waals surface area contributed by atoms with E-state index in [4.69, 9.17) is 5.26 Å². The normalized spacial score (nSPS) is 24.7. The van der Waals surface area contributed by atoms with Crippen molar-refractivity contribution < 1.29 is 0 Å². The van der Waals surface area contributed by atoms with Crippen molar-refractivity contribution in [3.8, 4) is 6.07 Å². The molecule has 0 aromatic carbocycles. The maximum Gasteiger partial charge on any atom is 0.123 e. The number of nitrogens with zero attached hydrogens (tertiary/aromatic N) is 3. The minimum Gasteiger partial charge on any atom is -0.347 e. The Morgan fingerprint density at radius 1 is 1.79 bits per heavy atom. The first kappa shape index (κ1) is 9.22. The largest absolute Gasteiger partial charge is 0.347 e. The Kier molecular flexibility index (Phi) is 2.51. The van der Waals surface area contributed by atoms with Gasteiger partial charge in [-0.05, 0) is 25.9 Å². The molecule has 1 fully saturated rings. The molecule has 74 valence electrons. The number of nitrogens with one attached hydrogen (secondary N) is 1. The molecule has 1 aliphatic heterocycles. The van der Waals surface area contributed by atoms with E-state index in [-0.39, 0.29) is 5.92 Å². The molecule has 4 heteroatoms. The number of likely N-dealkylation sites (tertiary alicyclic amines) is 1. The van der Waals surface area contributed by atoms with E-state index in [1.807, 2.05) is 0 Å². The van der Waals surface area contributed by atoms with Gasteiger partial charge in [0.15, 0.2) is 0 Å². The average Bonchev–Trinajstić information content (AvgIpc) is 2.79. The Balaban J connectivity index is 2.12. The lowest BCUT2D eigenvalue weighted by atomic mass is 9.92. The van der Waals surface area contributed by atoms with Crippen LogP contribution in [0.25, 0.3) is 0 Å². The smallest absolute Gasteiger partial charge is 0.123 e. The van der Waals surface area contributed by atoms with E-state index in [1.165, 1.54) is 0 Å². The standard InChI is InChI=1S/C10H14N4/c1-14-5-2-8(7-14)9(6-11)10-12-3-4-13-10/h3-4,8-9H,2,5,7H2,1H3,(H,12,13). The first-order chi connectivity index (χ1) is 6.81. The Hall–Kier alpha value is -1.34. The van der Waals surface area contributed by atoms with E-state index < -0.39 is 0 Å². The van der Waals surface area contributed by atoms with Crippen molar-refractivity contribution in [2.45, 2.75) is 12.3 Å². The van der Waals surface area contributed by atoms with Crippen molar-refractivity contribution in [2.75, 3.05) is 20.1 Å². The highest BCUT2D eigenvalue weighted by Crippen LogP contribution is 2.28. The Bertz CT molecular complexity index is 324. The van der Waals surface area contributed by atoms with Crippen molar-refractivity contribution in [1.82, 2.24) is 14.9 Å². The summed E-state index contributed by atoms with van der Waals surface area (Å²) >= 11 is 0. The predicted molar refractivity (Wildman–Crippen MR) is 52.5 cm³/mol. The van der Waals surface area contributed by atoms with Gasteiger partial charge in [-0.1, -0.05) is 0 Å². The van der Waals surface area contributed by atoms with Gasteiger partial charge >= 0.3 is 0 Å². The minimum atomic E-state index is -0.0741. The molecule has 1 aromatic heterocycles. The molecular formula is C10H14N4. The van der Waals surface area contributed by atoms with Crippen LogP contribution in [0, 0.1) is 17.2 Å². The van der Waals surface area contributed by atoms with Gasteiger partial charge in [0.05, 0.1) is 6.07 Å². The number of hydrogen-bond acceptors (Lipinski definition) is 3. The van der Waals surface area contributed by atoms with E-state index in [2.05, 4.69) is 28.0 Å². The molecule has 1 N–H and O–H groups in total. The summed E-state index contributed by atoms with van der Waals surface area (Å²) in [5.41, 5.74) is 0. The highest BCUT2D eigenvalue weighted by atomic mass is 15.1. The van der Waals surface area contributed by atoms with Crippen LogP contribution in [0.5, 0.6) is 0 Å². The van der Waals surface area contributed by atoms with E-state index in [0.717, 1.165) is 25.3 Å². The molecule has 0 bridgehead atoms. The van der Waals surface area contributed by atoms with E-state index in [0.29, 0.717) is 5.92 Å². The van der Waals surface area contributed by atoms with Crippen LogP contribution in [0.2, 0.25) is 0 Å². The van der Waals surface area contributed by atoms with Crippen molar-refractivity contribution in [3.05, 3.63) is 18.2 Å². The van der Waals surface area contributed by atoms with Gasteiger partial charge in [0, 0.05) is 18.9 Å². The molecule has 2 unspecified atom stereocenters. The lowest BCUT2D eigenvalue weighted by Crippen LogP contribution is -2.18. The van der Waals surface area contributed by atoms with Crippen LogP contribution >= 0.6 is 0 Å². The number of H-pyrrole nitrogens is 1. The molecule has 1 saturated heterocycles. The molecule has 2 heterocycles. The second kappa shape index (κ2) is 3.81. The fourth-order valence-corrected chi connectivity index (χ4v) is 2.08. The monoisotopic (exact) mass is 190 g/mol. The van der Waals surface area contributed by atoms with Gasteiger partial charge in [0.25, 0.3) is 0 Å². The molecule has 0 saturated carbocycles. The predicted octanol–water partition coefficient (Wildman–Crippen LogP) is 0.969. The van der Waals surface area contributed by atoms with Gasteiger partial charge in [-0.3, -0.25) is 0 Å². The summed E-state index contributed by atoms with van der Waals surface area (Å²) in [5, 5.41) is 9.12. The zero-order valence-corrected chi connectivity index (χ0v) is 8.27. The van der Waals surface area contributed by atoms with E-state index in [9.17, 15) is 0 Å².